The van der Waals surface area contributed by atoms with Gasteiger partial charge in [-0.05, 0) is 24.3 Å². The van der Waals surface area contributed by atoms with Crippen LogP contribution in [0.5, 0.6) is 0 Å². The number of hydrogen-bond donors (Lipinski definition) is 2. The van der Waals surface area contributed by atoms with Crippen molar-refractivity contribution >= 4 is 15.9 Å². The fraction of sp³-hybridized carbons (Fsp3) is 0.615. The minimum absolute atomic E-state index is 0.00887. The summed E-state index contributed by atoms with van der Waals surface area (Å²) in [5.41, 5.74) is 1.00. The molecule has 0 aromatic heterocycles. The Morgan fingerprint density at radius 2 is 2.00 bits per heavy atom. The Hall–Kier alpha value is -1.14. The molecule has 0 saturated carbocycles. The maximum Gasteiger partial charge on any atom is 0.209 e. The first-order valence-corrected chi connectivity index (χ1v) is 7.98. The number of primary sulfonamides is 1. The summed E-state index contributed by atoms with van der Waals surface area (Å²) in [7, 11) is -1.73. The highest BCUT2D eigenvalue weighted by atomic mass is 32.2. The van der Waals surface area contributed by atoms with E-state index in [1.807, 2.05) is 13.0 Å². The van der Waals surface area contributed by atoms with Crippen molar-refractivity contribution in [2.75, 3.05) is 12.8 Å². The molecule has 0 aromatic carbocycles. The lowest BCUT2D eigenvalue weighted by molar-refractivity contribution is 0.572. The molecule has 0 bridgehead atoms. The summed E-state index contributed by atoms with van der Waals surface area (Å²) < 4.78 is 22.0. The molecule has 0 aliphatic rings. The zero-order valence-electron chi connectivity index (χ0n) is 12.2. The van der Waals surface area contributed by atoms with Crippen molar-refractivity contribution in [3.8, 4) is 0 Å². The Morgan fingerprint density at radius 3 is 2.37 bits per heavy atom. The second-order valence-corrected chi connectivity index (χ2v) is 6.58. The van der Waals surface area contributed by atoms with Gasteiger partial charge in [0.1, 0.15) is 5.84 Å². The van der Waals surface area contributed by atoms with Crippen molar-refractivity contribution < 1.29 is 8.42 Å². The van der Waals surface area contributed by atoms with Gasteiger partial charge in [-0.1, -0.05) is 33.4 Å². The van der Waals surface area contributed by atoms with E-state index in [9.17, 15) is 8.42 Å². The fourth-order valence-corrected chi connectivity index (χ4v) is 2.50. The van der Waals surface area contributed by atoms with Crippen LogP contribution in [-0.4, -0.2) is 27.1 Å². The molecule has 0 amide bonds. The second-order valence-electron chi connectivity index (χ2n) is 4.92. The first-order chi connectivity index (χ1) is 8.69. The largest absolute Gasteiger partial charge is 0.344 e. The minimum Gasteiger partial charge on any atom is -0.344 e. The van der Waals surface area contributed by atoms with Gasteiger partial charge in [0.05, 0.1) is 5.75 Å². The van der Waals surface area contributed by atoms with Crippen LogP contribution in [0.2, 0.25) is 0 Å². The maximum absolute atomic E-state index is 11.0. The smallest absolute Gasteiger partial charge is 0.209 e. The van der Waals surface area contributed by atoms with Gasteiger partial charge in [0, 0.05) is 12.7 Å². The lowest BCUT2D eigenvalue weighted by atomic mass is 10.0. The number of sulfonamides is 1. The molecule has 3 N–H and O–H groups in total. The molecule has 19 heavy (non-hydrogen) atoms. The van der Waals surface area contributed by atoms with Crippen molar-refractivity contribution in [1.82, 2.24) is 5.32 Å². The Morgan fingerprint density at radius 1 is 1.42 bits per heavy atom. The molecule has 0 saturated heterocycles. The normalized spacial score (nSPS) is 15.5. The highest BCUT2D eigenvalue weighted by Gasteiger charge is 2.11. The van der Waals surface area contributed by atoms with E-state index in [0.29, 0.717) is 18.2 Å². The summed E-state index contributed by atoms with van der Waals surface area (Å²) in [6, 6.07) is 0. The monoisotopic (exact) mass is 287 g/mol. The van der Waals surface area contributed by atoms with E-state index in [2.05, 4.69) is 30.7 Å². The van der Waals surface area contributed by atoms with Crippen LogP contribution >= 0.6 is 0 Å². The molecule has 0 radical (unpaired) electrons. The molecule has 0 fully saturated rings. The first kappa shape index (κ1) is 17.9. The van der Waals surface area contributed by atoms with Crippen LogP contribution in [0.25, 0.3) is 0 Å². The van der Waals surface area contributed by atoms with Crippen LogP contribution in [0.15, 0.2) is 29.4 Å². The van der Waals surface area contributed by atoms with Gasteiger partial charge in [-0.2, -0.15) is 0 Å². The standard InChI is InChI=1S/C13H25N3O2S/c1-6-13(15-5)16-12(10(2)3)8-7-11(4)9-19(14,17)18/h6,8,10-11H,1,7,9H2,2-5H3,(H,15,16)(H2,14,17,18)/b12-8+. The van der Waals surface area contributed by atoms with Crippen molar-refractivity contribution in [3.63, 3.8) is 0 Å². The lowest BCUT2D eigenvalue weighted by Gasteiger charge is -2.15. The third kappa shape index (κ3) is 8.56. The van der Waals surface area contributed by atoms with Gasteiger partial charge in [0.25, 0.3) is 0 Å². The summed E-state index contributed by atoms with van der Waals surface area (Å²) in [6.45, 7) is 9.64. The highest BCUT2D eigenvalue weighted by Crippen LogP contribution is 2.12. The summed E-state index contributed by atoms with van der Waals surface area (Å²) in [5.74, 6) is 0.958. The molecular formula is C13H25N3O2S. The van der Waals surface area contributed by atoms with Crippen LogP contribution in [0.1, 0.15) is 27.2 Å². The van der Waals surface area contributed by atoms with E-state index < -0.39 is 10.0 Å². The molecular weight excluding hydrogens is 262 g/mol. The zero-order valence-corrected chi connectivity index (χ0v) is 13.0. The number of aliphatic imine (C=N–C) groups is 1. The molecule has 1 atom stereocenters. The van der Waals surface area contributed by atoms with Gasteiger partial charge < -0.3 is 5.32 Å². The van der Waals surface area contributed by atoms with Crippen molar-refractivity contribution in [2.45, 2.75) is 27.2 Å². The number of allylic oxidation sites excluding steroid dienone is 2. The van der Waals surface area contributed by atoms with Gasteiger partial charge >= 0.3 is 0 Å². The Kier molecular flexibility index (Phi) is 7.63. The zero-order chi connectivity index (χ0) is 15.1. The van der Waals surface area contributed by atoms with E-state index in [4.69, 9.17) is 5.14 Å². The molecule has 0 rings (SSSR count). The third-order valence-corrected chi connectivity index (χ3v) is 3.62. The SMILES string of the molecule is C=CC(=NC)N/C(=C/CC(C)CS(N)(=O)=O)C(C)C. The van der Waals surface area contributed by atoms with E-state index in [1.54, 1.807) is 13.1 Å². The summed E-state index contributed by atoms with van der Waals surface area (Å²) in [5, 5.41) is 8.21. The Labute approximate surface area is 116 Å². The molecule has 0 aliphatic carbocycles. The highest BCUT2D eigenvalue weighted by molar-refractivity contribution is 7.89. The molecule has 1 unspecified atom stereocenters. The third-order valence-electron chi connectivity index (χ3n) is 2.59. The average Bonchev–Trinajstić information content (AvgIpc) is 2.26. The topological polar surface area (TPSA) is 84.5 Å². The van der Waals surface area contributed by atoms with Crippen molar-refractivity contribution in [2.24, 2.45) is 22.0 Å². The number of nitrogens with one attached hydrogen (secondary N) is 1. The quantitative estimate of drug-likeness (QED) is 0.551. The lowest BCUT2D eigenvalue weighted by Crippen LogP contribution is -2.25. The van der Waals surface area contributed by atoms with Gasteiger partial charge in [-0.3, -0.25) is 4.99 Å². The summed E-state index contributed by atoms with van der Waals surface area (Å²) >= 11 is 0. The van der Waals surface area contributed by atoms with E-state index in [0.717, 1.165) is 5.70 Å². The fourth-order valence-electron chi connectivity index (χ4n) is 1.57. The van der Waals surface area contributed by atoms with Crippen LogP contribution < -0.4 is 10.5 Å². The van der Waals surface area contributed by atoms with Crippen molar-refractivity contribution in [3.05, 3.63) is 24.4 Å². The van der Waals surface area contributed by atoms with Crippen LogP contribution in [0.4, 0.5) is 0 Å². The molecule has 110 valence electrons. The molecule has 5 nitrogen and oxygen atoms in total. The molecule has 0 aliphatic heterocycles. The Bertz CT molecular complexity index is 451. The molecule has 0 spiro atoms. The maximum atomic E-state index is 11.0. The predicted molar refractivity (Wildman–Crippen MR) is 81.4 cm³/mol. The van der Waals surface area contributed by atoms with Crippen LogP contribution in [-0.2, 0) is 10.0 Å². The molecule has 0 heterocycles. The first-order valence-electron chi connectivity index (χ1n) is 6.26. The second kappa shape index (κ2) is 8.12. The van der Waals surface area contributed by atoms with Crippen molar-refractivity contribution in [1.29, 1.82) is 0 Å². The van der Waals surface area contributed by atoms with Gasteiger partial charge in [-0.15, -0.1) is 0 Å². The van der Waals surface area contributed by atoms with Gasteiger partial charge in [0.2, 0.25) is 10.0 Å². The number of nitrogens with two attached hydrogens (primary N) is 1. The average molecular weight is 287 g/mol. The molecule has 6 heteroatoms. The van der Waals surface area contributed by atoms with E-state index in [1.165, 1.54) is 0 Å². The minimum atomic E-state index is -3.41. The molecule has 0 aromatic rings. The van der Waals surface area contributed by atoms with E-state index >= 15 is 0 Å². The van der Waals surface area contributed by atoms with E-state index in [-0.39, 0.29) is 11.7 Å². The van der Waals surface area contributed by atoms with Gasteiger partial charge in [-0.25, -0.2) is 13.6 Å². The summed E-state index contributed by atoms with van der Waals surface area (Å²) in [6.07, 6.45) is 4.28. The number of rotatable bonds is 7. The number of nitrogens with zero attached hydrogens (tertiary/aromatic N) is 1. The Balaban J connectivity index is 4.72. The predicted octanol–water partition coefficient (Wildman–Crippen LogP) is 1.64. The van der Waals surface area contributed by atoms with Crippen LogP contribution in [0.3, 0.4) is 0 Å². The number of amidine groups is 1. The van der Waals surface area contributed by atoms with Crippen LogP contribution in [0, 0.1) is 11.8 Å². The number of hydrogen-bond acceptors (Lipinski definition) is 3. The summed E-state index contributed by atoms with van der Waals surface area (Å²) in [4.78, 5) is 4.05. The van der Waals surface area contributed by atoms with Gasteiger partial charge in [0.15, 0.2) is 0 Å².